The van der Waals surface area contributed by atoms with Crippen molar-refractivity contribution in [2.45, 2.75) is 37.1 Å². The number of thioether (sulfide) groups is 1. The van der Waals surface area contributed by atoms with Gasteiger partial charge in [0.1, 0.15) is 0 Å². The van der Waals surface area contributed by atoms with Crippen LogP contribution in [-0.4, -0.2) is 38.5 Å². The molecule has 1 atom stereocenters. The zero-order chi connectivity index (χ0) is 12.0. The molecule has 0 aromatic carbocycles. The van der Waals surface area contributed by atoms with Crippen LogP contribution in [0.1, 0.15) is 25.7 Å². The van der Waals surface area contributed by atoms with E-state index in [2.05, 4.69) is 20.7 Å². The molecular weight excluding hydrogens is 238 g/mol. The van der Waals surface area contributed by atoms with Crippen molar-refractivity contribution in [1.82, 2.24) is 25.4 Å². The minimum atomic E-state index is -0.564. The highest BCUT2D eigenvalue weighted by Gasteiger charge is 2.37. The van der Waals surface area contributed by atoms with Crippen LogP contribution in [0.25, 0.3) is 0 Å². The van der Waals surface area contributed by atoms with Crippen LogP contribution in [-0.2, 0) is 11.3 Å². The van der Waals surface area contributed by atoms with Crippen LogP contribution in [0.5, 0.6) is 0 Å². The Labute approximate surface area is 104 Å². The highest BCUT2D eigenvalue weighted by Crippen LogP contribution is 2.26. The Balaban J connectivity index is 1.82. The van der Waals surface area contributed by atoms with Gasteiger partial charge in [-0.05, 0) is 13.8 Å². The molecule has 1 amide bonds. The number of hydrogen-bond acceptors (Lipinski definition) is 5. The Morgan fingerprint density at radius 1 is 1.53 bits per heavy atom. The number of rotatable bonds is 1. The third-order valence-electron chi connectivity index (χ3n) is 3.07. The van der Waals surface area contributed by atoms with Crippen LogP contribution < -0.4 is 10.6 Å². The largest absolute Gasteiger partial charge is 0.352 e. The smallest absolute Gasteiger partial charge is 0.239 e. The molecule has 0 aliphatic carbocycles. The molecule has 3 heterocycles. The fourth-order valence-corrected chi connectivity index (χ4v) is 2.98. The summed E-state index contributed by atoms with van der Waals surface area (Å²) in [5.41, 5.74) is -0.564. The van der Waals surface area contributed by atoms with Crippen molar-refractivity contribution in [2.75, 3.05) is 12.3 Å². The number of carbonyl (C=O) groups is 1. The van der Waals surface area contributed by atoms with Crippen molar-refractivity contribution >= 4 is 17.7 Å². The van der Waals surface area contributed by atoms with Gasteiger partial charge in [0.2, 0.25) is 5.91 Å². The first-order valence-electron chi connectivity index (χ1n) is 5.70. The van der Waals surface area contributed by atoms with Crippen LogP contribution in [0, 0.1) is 0 Å². The van der Waals surface area contributed by atoms with Gasteiger partial charge in [0.15, 0.2) is 11.0 Å². The zero-order valence-corrected chi connectivity index (χ0v) is 10.7. The molecular formula is C10H15N5OS. The van der Waals surface area contributed by atoms with E-state index in [1.54, 1.807) is 11.8 Å². The van der Waals surface area contributed by atoms with Crippen LogP contribution in [0.15, 0.2) is 5.16 Å². The average Bonchev–Trinajstić information content (AvgIpc) is 2.81. The SMILES string of the molecule is CC1(C)NC(c2nc3n(n2)CCS3)CNC1=O. The van der Waals surface area contributed by atoms with E-state index in [4.69, 9.17) is 0 Å². The molecule has 1 fully saturated rings. The second-order valence-electron chi connectivity index (χ2n) is 4.86. The maximum atomic E-state index is 11.6. The van der Waals surface area contributed by atoms with Crippen molar-refractivity contribution < 1.29 is 4.79 Å². The van der Waals surface area contributed by atoms with Gasteiger partial charge in [-0.2, -0.15) is 5.10 Å². The molecule has 3 rings (SSSR count). The summed E-state index contributed by atoms with van der Waals surface area (Å²) < 4.78 is 1.94. The molecule has 7 heteroatoms. The molecule has 1 unspecified atom stereocenters. The van der Waals surface area contributed by atoms with Crippen molar-refractivity contribution in [2.24, 2.45) is 0 Å². The lowest BCUT2D eigenvalue weighted by atomic mass is 9.99. The van der Waals surface area contributed by atoms with Crippen LogP contribution in [0.3, 0.4) is 0 Å². The number of amides is 1. The molecule has 1 aromatic heterocycles. The highest BCUT2D eigenvalue weighted by atomic mass is 32.2. The third-order valence-corrected chi connectivity index (χ3v) is 4.02. The first-order chi connectivity index (χ1) is 8.06. The summed E-state index contributed by atoms with van der Waals surface area (Å²) in [5.74, 6) is 1.85. The predicted octanol–water partition coefficient (Wildman–Crippen LogP) is -0.0771. The second kappa shape index (κ2) is 3.71. The number of fused-ring (bicyclic) bond motifs is 1. The van der Waals surface area contributed by atoms with Gasteiger partial charge >= 0.3 is 0 Å². The predicted molar refractivity (Wildman–Crippen MR) is 63.7 cm³/mol. The van der Waals surface area contributed by atoms with E-state index in [-0.39, 0.29) is 11.9 Å². The molecule has 1 aromatic rings. The fraction of sp³-hybridized carbons (Fsp3) is 0.700. The summed E-state index contributed by atoms with van der Waals surface area (Å²) in [6.45, 7) is 5.21. The first kappa shape index (κ1) is 11.0. The van der Waals surface area contributed by atoms with E-state index in [0.29, 0.717) is 6.54 Å². The van der Waals surface area contributed by atoms with Crippen LogP contribution in [0.2, 0.25) is 0 Å². The quantitative estimate of drug-likeness (QED) is 0.732. The molecule has 1 saturated heterocycles. The molecule has 2 aliphatic heterocycles. The van der Waals surface area contributed by atoms with Crippen molar-refractivity contribution in [3.05, 3.63) is 5.82 Å². The van der Waals surface area contributed by atoms with Gasteiger partial charge < -0.3 is 5.32 Å². The molecule has 0 spiro atoms. The summed E-state index contributed by atoms with van der Waals surface area (Å²) in [6, 6.07) is 0.00130. The lowest BCUT2D eigenvalue weighted by Gasteiger charge is -2.35. The van der Waals surface area contributed by atoms with Crippen LogP contribution in [0.4, 0.5) is 0 Å². The summed E-state index contributed by atoms with van der Waals surface area (Å²) in [4.78, 5) is 16.1. The minimum absolute atomic E-state index is 0.00130. The van der Waals surface area contributed by atoms with Crippen molar-refractivity contribution in [1.29, 1.82) is 0 Å². The van der Waals surface area contributed by atoms with Crippen molar-refractivity contribution in [3.8, 4) is 0 Å². The number of aryl methyl sites for hydroxylation is 1. The minimum Gasteiger partial charge on any atom is -0.352 e. The fourth-order valence-electron chi connectivity index (χ4n) is 2.09. The summed E-state index contributed by atoms with van der Waals surface area (Å²) in [5, 5.41) is 11.6. The Bertz CT molecular complexity index is 448. The Kier molecular flexibility index (Phi) is 2.41. The molecule has 2 aliphatic rings. The maximum Gasteiger partial charge on any atom is 0.239 e. The lowest BCUT2D eigenvalue weighted by molar-refractivity contribution is -0.128. The monoisotopic (exact) mass is 253 g/mol. The Hall–Kier alpha value is -1.08. The normalized spacial score (nSPS) is 26.7. The second-order valence-corrected chi connectivity index (χ2v) is 5.92. The Morgan fingerprint density at radius 2 is 2.35 bits per heavy atom. The average molecular weight is 253 g/mol. The van der Waals surface area contributed by atoms with E-state index in [9.17, 15) is 4.79 Å². The maximum absolute atomic E-state index is 11.6. The van der Waals surface area contributed by atoms with E-state index in [0.717, 1.165) is 23.3 Å². The molecule has 17 heavy (non-hydrogen) atoms. The molecule has 2 N–H and O–H groups in total. The summed E-state index contributed by atoms with van der Waals surface area (Å²) >= 11 is 1.73. The van der Waals surface area contributed by atoms with Gasteiger partial charge in [-0.25, -0.2) is 9.67 Å². The molecule has 0 saturated carbocycles. The lowest BCUT2D eigenvalue weighted by Crippen LogP contribution is -2.61. The van der Waals surface area contributed by atoms with E-state index >= 15 is 0 Å². The molecule has 92 valence electrons. The van der Waals surface area contributed by atoms with Gasteiger partial charge in [-0.3, -0.25) is 10.1 Å². The van der Waals surface area contributed by atoms with Crippen molar-refractivity contribution in [3.63, 3.8) is 0 Å². The number of aromatic nitrogens is 3. The van der Waals surface area contributed by atoms with E-state index < -0.39 is 5.54 Å². The van der Waals surface area contributed by atoms with E-state index in [1.807, 2.05) is 18.5 Å². The number of carbonyl (C=O) groups excluding carboxylic acids is 1. The topological polar surface area (TPSA) is 71.8 Å². The molecule has 0 bridgehead atoms. The number of piperazine rings is 1. The third kappa shape index (κ3) is 1.83. The standard InChI is InChI=1S/C10H15N5OS/c1-10(2)8(16)11-5-6(13-10)7-12-9-15(14-7)3-4-17-9/h6,13H,3-5H2,1-2H3,(H,11,16). The zero-order valence-electron chi connectivity index (χ0n) is 9.86. The summed E-state index contributed by atoms with van der Waals surface area (Å²) in [7, 11) is 0. The van der Waals surface area contributed by atoms with Gasteiger partial charge in [-0.1, -0.05) is 11.8 Å². The first-order valence-corrected chi connectivity index (χ1v) is 6.68. The van der Waals surface area contributed by atoms with Crippen LogP contribution >= 0.6 is 11.8 Å². The van der Waals surface area contributed by atoms with E-state index in [1.165, 1.54) is 0 Å². The number of nitrogens with one attached hydrogen (secondary N) is 2. The summed E-state index contributed by atoms with van der Waals surface area (Å²) in [6.07, 6.45) is 0. The number of nitrogens with zero attached hydrogens (tertiary/aromatic N) is 3. The highest BCUT2D eigenvalue weighted by molar-refractivity contribution is 7.99. The van der Waals surface area contributed by atoms with Gasteiger partial charge in [-0.15, -0.1) is 0 Å². The molecule has 0 radical (unpaired) electrons. The molecule has 6 nitrogen and oxygen atoms in total. The van der Waals surface area contributed by atoms with Gasteiger partial charge in [0.25, 0.3) is 0 Å². The Morgan fingerprint density at radius 3 is 3.06 bits per heavy atom. The van der Waals surface area contributed by atoms with Gasteiger partial charge in [0.05, 0.1) is 18.1 Å². The van der Waals surface area contributed by atoms with Gasteiger partial charge in [0, 0.05) is 12.3 Å². The number of hydrogen-bond donors (Lipinski definition) is 2.